The van der Waals surface area contributed by atoms with Crippen LogP contribution in [0.1, 0.15) is 42.7 Å². The van der Waals surface area contributed by atoms with Crippen molar-refractivity contribution >= 4 is 5.91 Å². The molecule has 0 atom stereocenters. The van der Waals surface area contributed by atoms with E-state index in [4.69, 9.17) is 0 Å². The maximum Gasteiger partial charge on any atom is 0.250 e. The molecule has 0 aliphatic carbocycles. The van der Waals surface area contributed by atoms with E-state index in [0.717, 1.165) is 48.4 Å². The summed E-state index contributed by atoms with van der Waals surface area (Å²) in [5.41, 5.74) is 4.03. The second-order valence-electron chi connectivity index (χ2n) is 6.25. The van der Waals surface area contributed by atoms with E-state index in [0.29, 0.717) is 0 Å². The summed E-state index contributed by atoms with van der Waals surface area (Å²) in [6, 6.07) is 10.1. The van der Waals surface area contributed by atoms with Gasteiger partial charge in [-0.25, -0.2) is 4.68 Å². The molecule has 0 saturated carbocycles. The first kappa shape index (κ1) is 18.4. The standard InChI is InChI=1S/C18H23N3O.C2H6/c1-13-14(2)21(18(22)16-9-11-20(3)12-10-16)19-17(13)15-7-5-4-6-8-15;1-2/h4-8,16H,9-12H2,1-3H3;1-2H3. The zero-order valence-electron chi connectivity index (χ0n) is 15.5. The summed E-state index contributed by atoms with van der Waals surface area (Å²) in [7, 11) is 2.11. The smallest absolute Gasteiger partial charge is 0.250 e. The highest BCUT2D eigenvalue weighted by Gasteiger charge is 2.27. The third-order valence-corrected chi connectivity index (χ3v) is 4.74. The van der Waals surface area contributed by atoms with E-state index < -0.39 is 0 Å². The number of rotatable bonds is 2. The van der Waals surface area contributed by atoms with Crippen LogP contribution >= 0.6 is 0 Å². The molecule has 130 valence electrons. The number of nitrogens with zero attached hydrogens (tertiary/aromatic N) is 3. The van der Waals surface area contributed by atoms with Crippen molar-refractivity contribution in [2.45, 2.75) is 40.5 Å². The molecule has 1 fully saturated rings. The molecule has 1 aliphatic rings. The minimum absolute atomic E-state index is 0.0952. The summed E-state index contributed by atoms with van der Waals surface area (Å²) in [4.78, 5) is 15.1. The lowest BCUT2D eigenvalue weighted by molar-refractivity contribution is 0.0749. The number of aromatic nitrogens is 2. The number of carbonyl (C=O) groups excluding carboxylic acids is 1. The SMILES string of the molecule is CC.Cc1c(-c2ccccc2)nn(C(=O)C2CCN(C)CC2)c1C. The molecule has 0 bridgehead atoms. The minimum atomic E-state index is 0.0952. The van der Waals surface area contributed by atoms with E-state index in [9.17, 15) is 4.79 Å². The molecule has 1 aromatic carbocycles. The van der Waals surface area contributed by atoms with Crippen LogP contribution in [0.4, 0.5) is 0 Å². The third kappa shape index (κ3) is 3.75. The summed E-state index contributed by atoms with van der Waals surface area (Å²) >= 11 is 0. The molecule has 0 radical (unpaired) electrons. The van der Waals surface area contributed by atoms with Crippen LogP contribution in [0.25, 0.3) is 11.3 Å². The maximum absolute atomic E-state index is 12.8. The van der Waals surface area contributed by atoms with E-state index in [1.165, 1.54) is 0 Å². The lowest BCUT2D eigenvalue weighted by Crippen LogP contribution is -2.36. The van der Waals surface area contributed by atoms with Crippen molar-refractivity contribution in [1.82, 2.24) is 14.7 Å². The van der Waals surface area contributed by atoms with Crippen LogP contribution in [-0.2, 0) is 0 Å². The summed E-state index contributed by atoms with van der Waals surface area (Å²) in [6.45, 7) is 10.0. The Bertz CT molecular complexity index is 668. The predicted octanol–water partition coefficient (Wildman–Crippen LogP) is 4.18. The fourth-order valence-corrected chi connectivity index (χ4v) is 3.09. The van der Waals surface area contributed by atoms with Gasteiger partial charge in [0.1, 0.15) is 0 Å². The Morgan fingerprint density at radius 1 is 1.08 bits per heavy atom. The first-order chi connectivity index (χ1) is 11.6. The van der Waals surface area contributed by atoms with Crippen molar-refractivity contribution < 1.29 is 4.79 Å². The van der Waals surface area contributed by atoms with Crippen molar-refractivity contribution in [3.05, 3.63) is 41.6 Å². The molecule has 0 N–H and O–H groups in total. The summed E-state index contributed by atoms with van der Waals surface area (Å²) in [5, 5.41) is 4.63. The molecule has 1 aliphatic heterocycles. The van der Waals surface area contributed by atoms with Crippen LogP contribution < -0.4 is 0 Å². The average molecular weight is 327 g/mol. The van der Waals surface area contributed by atoms with Crippen LogP contribution in [0.5, 0.6) is 0 Å². The monoisotopic (exact) mass is 327 g/mol. The van der Waals surface area contributed by atoms with Gasteiger partial charge in [0.2, 0.25) is 5.91 Å². The van der Waals surface area contributed by atoms with Crippen LogP contribution in [-0.4, -0.2) is 40.7 Å². The molecular weight excluding hydrogens is 298 g/mol. The fraction of sp³-hybridized carbons (Fsp3) is 0.500. The first-order valence-electron chi connectivity index (χ1n) is 8.92. The van der Waals surface area contributed by atoms with Gasteiger partial charge >= 0.3 is 0 Å². The van der Waals surface area contributed by atoms with Crippen molar-refractivity contribution in [3.63, 3.8) is 0 Å². The second kappa shape index (κ2) is 8.25. The third-order valence-electron chi connectivity index (χ3n) is 4.74. The van der Waals surface area contributed by atoms with E-state index in [1.807, 2.05) is 58.0 Å². The Hall–Kier alpha value is -1.94. The molecule has 4 heteroatoms. The van der Waals surface area contributed by atoms with Gasteiger partial charge in [-0.05, 0) is 52.4 Å². The van der Waals surface area contributed by atoms with Crippen molar-refractivity contribution in [2.24, 2.45) is 5.92 Å². The van der Waals surface area contributed by atoms with Crippen molar-refractivity contribution in [1.29, 1.82) is 0 Å². The van der Waals surface area contributed by atoms with Gasteiger partial charge in [-0.3, -0.25) is 4.79 Å². The molecule has 1 aromatic heterocycles. The molecular formula is C20H29N3O. The van der Waals surface area contributed by atoms with Gasteiger partial charge in [-0.15, -0.1) is 0 Å². The maximum atomic E-state index is 12.8. The Balaban J connectivity index is 0.00000100. The van der Waals surface area contributed by atoms with Gasteiger partial charge in [0.25, 0.3) is 0 Å². The molecule has 0 amide bonds. The van der Waals surface area contributed by atoms with Crippen LogP contribution in [0.2, 0.25) is 0 Å². The lowest BCUT2D eigenvalue weighted by atomic mass is 9.96. The number of hydrogen-bond acceptors (Lipinski definition) is 3. The van der Waals surface area contributed by atoms with Crippen LogP contribution in [0, 0.1) is 19.8 Å². The molecule has 0 unspecified atom stereocenters. The topological polar surface area (TPSA) is 38.1 Å². The molecule has 3 rings (SSSR count). The Kier molecular flexibility index (Phi) is 6.32. The number of piperidine rings is 1. The highest BCUT2D eigenvalue weighted by Crippen LogP contribution is 2.26. The number of hydrogen-bond donors (Lipinski definition) is 0. The Labute approximate surface area is 145 Å². The van der Waals surface area contributed by atoms with Gasteiger partial charge in [0, 0.05) is 17.2 Å². The van der Waals surface area contributed by atoms with Gasteiger partial charge in [0.05, 0.1) is 5.69 Å². The molecule has 2 aromatic rings. The molecule has 1 saturated heterocycles. The molecule has 24 heavy (non-hydrogen) atoms. The number of benzene rings is 1. The molecule has 0 spiro atoms. The quantitative estimate of drug-likeness (QED) is 0.830. The van der Waals surface area contributed by atoms with E-state index in [1.54, 1.807) is 4.68 Å². The van der Waals surface area contributed by atoms with Crippen LogP contribution in [0.3, 0.4) is 0 Å². The lowest BCUT2D eigenvalue weighted by Gasteiger charge is -2.27. The predicted molar refractivity (Wildman–Crippen MR) is 99.3 cm³/mol. The van der Waals surface area contributed by atoms with E-state index >= 15 is 0 Å². The number of carbonyl (C=O) groups is 1. The summed E-state index contributed by atoms with van der Waals surface area (Å²) in [5.74, 6) is 0.244. The van der Waals surface area contributed by atoms with Gasteiger partial charge in [-0.2, -0.15) is 5.10 Å². The van der Waals surface area contributed by atoms with Crippen molar-refractivity contribution in [3.8, 4) is 11.3 Å². The van der Waals surface area contributed by atoms with E-state index in [2.05, 4.69) is 17.0 Å². The second-order valence-corrected chi connectivity index (χ2v) is 6.25. The van der Waals surface area contributed by atoms with Crippen LogP contribution in [0.15, 0.2) is 30.3 Å². The van der Waals surface area contributed by atoms with Gasteiger partial charge < -0.3 is 4.90 Å². The normalized spacial score (nSPS) is 15.7. The van der Waals surface area contributed by atoms with E-state index in [-0.39, 0.29) is 11.8 Å². The van der Waals surface area contributed by atoms with Gasteiger partial charge in [-0.1, -0.05) is 44.2 Å². The largest absolute Gasteiger partial charge is 0.306 e. The molecule has 2 heterocycles. The summed E-state index contributed by atoms with van der Waals surface area (Å²) < 4.78 is 1.63. The zero-order chi connectivity index (χ0) is 17.7. The summed E-state index contributed by atoms with van der Waals surface area (Å²) in [6.07, 6.45) is 1.85. The molecule has 4 nitrogen and oxygen atoms in total. The highest BCUT2D eigenvalue weighted by molar-refractivity contribution is 5.83. The Morgan fingerprint density at radius 2 is 1.67 bits per heavy atom. The fourth-order valence-electron chi connectivity index (χ4n) is 3.09. The first-order valence-corrected chi connectivity index (χ1v) is 8.92. The Morgan fingerprint density at radius 3 is 2.25 bits per heavy atom. The average Bonchev–Trinajstić information content (AvgIpc) is 2.93. The van der Waals surface area contributed by atoms with Crippen molar-refractivity contribution in [2.75, 3.05) is 20.1 Å². The highest BCUT2D eigenvalue weighted by atomic mass is 16.2. The zero-order valence-corrected chi connectivity index (χ0v) is 15.5. The number of likely N-dealkylation sites (tertiary alicyclic amines) is 1. The minimum Gasteiger partial charge on any atom is -0.306 e. The van der Waals surface area contributed by atoms with Gasteiger partial charge in [0.15, 0.2) is 0 Å².